The van der Waals surface area contributed by atoms with Crippen LogP contribution >= 0.6 is 0 Å². The normalized spacial score (nSPS) is 12.8. The van der Waals surface area contributed by atoms with Crippen molar-refractivity contribution >= 4 is 0 Å². The van der Waals surface area contributed by atoms with E-state index in [1.54, 1.807) is 12.5 Å². The highest BCUT2D eigenvalue weighted by molar-refractivity contribution is 4.98. The van der Waals surface area contributed by atoms with Gasteiger partial charge in [0.05, 0.1) is 6.54 Å². The fraction of sp³-hybridized carbons (Fsp3) is 0.583. The van der Waals surface area contributed by atoms with E-state index in [1.165, 1.54) is 0 Å². The number of aryl methyl sites for hydroxylation is 1. The molecule has 2 rings (SSSR count). The second-order valence-electron chi connectivity index (χ2n) is 4.55. The fourth-order valence-electron chi connectivity index (χ4n) is 1.92. The average Bonchev–Trinajstić information content (AvgIpc) is 2.91. The molecule has 0 aliphatic carbocycles. The van der Waals surface area contributed by atoms with Crippen molar-refractivity contribution in [2.24, 2.45) is 5.73 Å². The number of hydrogen-bond acceptors (Lipinski definition) is 4. The molecule has 0 saturated heterocycles. The van der Waals surface area contributed by atoms with Crippen LogP contribution in [0, 0.1) is 0 Å². The molecule has 6 nitrogen and oxygen atoms in total. The highest BCUT2D eigenvalue weighted by Gasteiger charge is 2.09. The molecule has 1 unspecified atom stereocenters. The van der Waals surface area contributed by atoms with Crippen molar-refractivity contribution in [2.45, 2.75) is 45.8 Å². The number of rotatable bonds is 6. The van der Waals surface area contributed by atoms with Crippen LogP contribution in [0.4, 0.5) is 0 Å². The molecule has 0 aliphatic rings. The van der Waals surface area contributed by atoms with Crippen LogP contribution in [0.5, 0.6) is 0 Å². The monoisotopic (exact) mass is 248 g/mol. The van der Waals surface area contributed by atoms with E-state index in [-0.39, 0.29) is 6.04 Å². The van der Waals surface area contributed by atoms with Gasteiger partial charge < -0.3 is 10.3 Å². The predicted octanol–water partition coefficient (Wildman–Crippen LogP) is 0.823. The van der Waals surface area contributed by atoms with Crippen LogP contribution in [-0.4, -0.2) is 30.4 Å². The molecule has 2 aromatic heterocycles. The van der Waals surface area contributed by atoms with Gasteiger partial charge in [0.15, 0.2) is 0 Å². The summed E-state index contributed by atoms with van der Waals surface area (Å²) < 4.78 is 4.02. The Balaban J connectivity index is 2.13. The van der Waals surface area contributed by atoms with Crippen LogP contribution in [0.25, 0.3) is 0 Å². The molecule has 2 heterocycles. The molecule has 0 aromatic carbocycles. The lowest BCUT2D eigenvalue weighted by Gasteiger charge is -2.10. The molecule has 98 valence electrons. The Morgan fingerprint density at radius 2 is 2.17 bits per heavy atom. The summed E-state index contributed by atoms with van der Waals surface area (Å²) in [6, 6.07) is 0.111. The zero-order valence-corrected chi connectivity index (χ0v) is 11.0. The Kier molecular flexibility index (Phi) is 4.09. The van der Waals surface area contributed by atoms with E-state index in [4.69, 9.17) is 5.73 Å². The van der Waals surface area contributed by atoms with Crippen molar-refractivity contribution in [2.75, 3.05) is 0 Å². The summed E-state index contributed by atoms with van der Waals surface area (Å²) in [6.45, 7) is 5.71. The van der Waals surface area contributed by atoms with Gasteiger partial charge in [-0.1, -0.05) is 6.92 Å². The molecule has 6 heteroatoms. The fourth-order valence-corrected chi connectivity index (χ4v) is 1.92. The number of imidazole rings is 1. The molecule has 18 heavy (non-hydrogen) atoms. The van der Waals surface area contributed by atoms with Gasteiger partial charge in [-0.3, -0.25) is 0 Å². The largest absolute Gasteiger partial charge is 0.328 e. The SMILES string of the molecule is CCCn1ncnc1Cn1ccnc1CC(C)N. The Hall–Kier alpha value is -1.69. The highest BCUT2D eigenvalue weighted by Crippen LogP contribution is 2.05. The third kappa shape index (κ3) is 2.95. The third-order valence-electron chi connectivity index (χ3n) is 2.75. The molecule has 2 aromatic rings. The standard InChI is InChI=1S/C12H20N6/c1-3-5-18-12(15-9-16-18)8-17-6-4-14-11(17)7-10(2)13/h4,6,9-10H,3,5,7-8,13H2,1-2H3. The maximum atomic E-state index is 5.82. The molecular formula is C12H20N6. The van der Waals surface area contributed by atoms with Crippen molar-refractivity contribution in [3.05, 3.63) is 30.4 Å². The quantitative estimate of drug-likeness (QED) is 0.821. The van der Waals surface area contributed by atoms with Crippen LogP contribution in [-0.2, 0) is 19.5 Å². The van der Waals surface area contributed by atoms with Gasteiger partial charge in [0.1, 0.15) is 18.0 Å². The number of hydrogen-bond donors (Lipinski definition) is 1. The van der Waals surface area contributed by atoms with Crippen LogP contribution in [0.2, 0.25) is 0 Å². The summed E-state index contributed by atoms with van der Waals surface area (Å²) in [7, 11) is 0. The van der Waals surface area contributed by atoms with Crippen molar-refractivity contribution in [3.8, 4) is 0 Å². The second kappa shape index (κ2) is 5.77. The molecule has 0 radical (unpaired) electrons. The molecule has 0 saturated carbocycles. The summed E-state index contributed by atoms with van der Waals surface area (Å²) in [6.07, 6.45) is 7.19. The molecule has 2 N–H and O–H groups in total. The minimum atomic E-state index is 0.111. The van der Waals surface area contributed by atoms with Gasteiger partial charge in [-0.05, 0) is 13.3 Å². The van der Waals surface area contributed by atoms with Gasteiger partial charge in [-0.15, -0.1) is 0 Å². The smallest absolute Gasteiger partial charge is 0.146 e. The minimum Gasteiger partial charge on any atom is -0.328 e. The van der Waals surface area contributed by atoms with Crippen LogP contribution in [0.1, 0.15) is 31.9 Å². The third-order valence-corrected chi connectivity index (χ3v) is 2.75. The second-order valence-corrected chi connectivity index (χ2v) is 4.55. The summed E-state index contributed by atoms with van der Waals surface area (Å²) in [4.78, 5) is 8.64. The maximum absolute atomic E-state index is 5.82. The van der Waals surface area contributed by atoms with E-state index in [1.807, 2.05) is 17.8 Å². The van der Waals surface area contributed by atoms with Crippen LogP contribution in [0.15, 0.2) is 18.7 Å². The average molecular weight is 248 g/mol. The lowest BCUT2D eigenvalue weighted by molar-refractivity contribution is 0.544. The van der Waals surface area contributed by atoms with Gasteiger partial charge in [0, 0.05) is 31.4 Å². The van der Waals surface area contributed by atoms with E-state index in [0.717, 1.165) is 31.0 Å². The van der Waals surface area contributed by atoms with Gasteiger partial charge in [-0.2, -0.15) is 5.10 Å². The van der Waals surface area contributed by atoms with E-state index >= 15 is 0 Å². The number of nitrogens with two attached hydrogens (primary N) is 1. The molecule has 1 atom stereocenters. The first-order valence-corrected chi connectivity index (χ1v) is 6.33. The number of nitrogens with zero attached hydrogens (tertiary/aromatic N) is 5. The molecular weight excluding hydrogens is 228 g/mol. The van der Waals surface area contributed by atoms with Gasteiger partial charge >= 0.3 is 0 Å². The first-order chi connectivity index (χ1) is 8.70. The van der Waals surface area contributed by atoms with Crippen molar-refractivity contribution < 1.29 is 0 Å². The first-order valence-electron chi connectivity index (χ1n) is 6.33. The Morgan fingerprint density at radius 1 is 1.33 bits per heavy atom. The summed E-state index contributed by atoms with van der Waals surface area (Å²) in [5.41, 5.74) is 5.82. The topological polar surface area (TPSA) is 74.5 Å². The summed E-state index contributed by atoms with van der Waals surface area (Å²) >= 11 is 0. The zero-order chi connectivity index (χ0) is 13.0. The van der Waals surface area contributed by atoms with Gasteiger partial charge in [0.25, 0.3) is 0 Å². The molecule has 0 bridgehead atoms. The van der Waals surface area contributed by atoms with Gasteiger partial charge in [0.2, 0.25) is 0 Å². The van der Waals surface area contributed by atoms with E-state index in [9.17, 15) is 0 Å². The minimum absolute atomic E-state index is 0.111. The first kappa shape index (κ1) is 12.8. The van der Waals surface area contributed by atoms with E-state index < -0.39 is 0 Å². The molecule has 0 amide bonds. The molecule has 0 aliphatic heterocycles. The Morgan fingerprint density at radius 3 is 2.89 bits per heavy atom. The van der Waals surface area contributed by atoms with E-state index in [0.29, 0.717) is 6.54 Å². The van der Waals surface area contributed by atoms with Crippen LogP contribution < -0.4 is 5.73 Å². The lowest BCUT2D eigenvalue weighted by Crippen LogP contribution is -2.21. The highest BCUT2D eigenvalue weighted by atomic mass is 15.3. The molecule has 0 spiro atoms. The predicted molar refractivity (Wildman–Crippen MR) is 69.0 cm³/mol. The number of aromatic nitrogens is 5. The van der Waals surface area contributed by atoms with Crippen LogP contribution in [0.3, 0.4) is 0 Å². The lowest BCUT2D eigenvalue weighted by atomic mass is 10.2. The van der Waals surface area contributed by atoms with Gasteiger partial charge in [-0.25, -0.2) is 14.6 Å². The van der Waals surface area contributed by atoms with Crippen molar-refractivity contribution in [3.63, 3.8) is 0 Å². The summed E-state index contributed by atoms with van der Waals surface area (Å²) in [5, 5.41) is 4.22. The van der Waals surface area contributed by atoms with E-state index in [2.05, 4.69) is 26.6 Å². The summed E-state index contributed by atoms with van der Waals surface area (Å²) in [5.74, 6) is 1.96. The van der Waals surface area contributed by atoms with Crippen molar-refractivity contribution in [1.29, 1.82) is 0 Å². The van der Waals surface area contributed by atoms with Crippen molar-refractivity contribution in [1.82, 2.24) is 24.3 Å². The Bertz CT molecular complexity index is 484. The zero-order valence-electron chi connectivity index (χ0n) is 11.0. The maximum Gasteiger partial charge on any atom is 0.146 e. The molecule has 0 fully saturated rings. The Labute approximate surface area is 107 Å².